The fourth-order valence-corrected chi connectivity index (χ4v) is 2.18. The molecule has 0 aliphatic rings. The molecule has 1 unspecified atom stereocenters. The van der Waals surface area contributed by atoms with Gasteiger partial charge in [-0.25, -0.2) is 4.98 Å². The second kappa shape index (κ2) is 3.87. The predicted octanol–water partition coefficient (Wildman–Crippen LogP) is 1.94. The Morgan fingerprint density at radius 2 is 2.25 bits per heavy atom. The van der Waals surface area contributed by atoms with E-state index in [1.165, 1.54) is 0 Å². The zero-order valence-corrected chi connectivity index (χ0v) is 10.1. The first-order chi connectivity index (χ1) is 7.56. The molecular formula is C12H18N4. The number of rotatable bonds is 3. The highest BCUT2D eigenvalue weighted by molar-refractivity contribution is 5.74. The van der Waals surface area contributed by atoms with E-state index in [4.69, 9.17) is 5.73 Å². The molecule has 4 heteroatoms. The predicted molar refractivity (Wildman–Crippen MR) is 65.0 cm³/mol. The Bertz CT molecular complexity index is 499. The molecule has 0 fully saturated rings. The van der Waals surface area contributed by atoms with Crippen LogP contribution in [-0.4, -0.2) is 14.5 Å². The van der Waals surface area contributed by atoms with Crippen LogP contribution in [0.5, 0.6) is 0 Å². The Labute approximate surface area is 95.5 Å². The largest absolute Gasteiger partial charge is 0.328 e. The molecule has 2 aromatic rings. The molecule has 2 N–H and O–H groups in total. The third-order valence-electron chi connectivity index (χ3n) is 2.96. The summed E-state index contributed by atoms with van der Waals surface area (Å²) in [5.41, 5.74) is 7.93. The summed E-state index contributed by atoms with van der Waals surface area (Å²) < 4.78 is 2.04. The van der Waals surface area contributed by atoms with E-state index in [1.54, 1.807) is 6.20 Å². The van der Waals surface area contributed by atoms with Crippen molar-refractivity contribution in [3.05, 3.63) is 24.3 Å². The van der Waals surface area contributed by atoms with E-state index in [-0.39, 0.29) is 5.54 Å². The van der Waals surface area contributed by atoms with Crippen molar-refractivity contribution in [2.45, 2.75) is 32.2 Å². The number of fused-ring (bicyclic) bond motifs is 1. The molecule has 1 atom stereocenters. The number of hydrogen-bond donors (Lipinski definition) is 1. The van der Waals surface area contributed by atoms with Crippen LogP contribution < -0.4 is 5.73 Å². The normalized spacial score (nSPS) is 15.2. The number of nitrogens with two attached hydrogens (primary N) is 1. The number of aryl methyl sites for hydroxylation is 1. The van der Waals surface area contributed by atoms with Crippen LogP contribution >= 0.6 is 0 Å². The van der Waals surface area contributed by atoms with Crippen molar-refractivity contribution in [1.29, 1.82) is 0 Å². The lowest BCUT2D eigenvalue weighted by molar-refractivity contribution is 0.410. The molecule has 0 spiro atoms. The topological polar surface area (TPSA) is 56.7 Å². The number of aromatic nitrogens is 3. The summed E-state index contributed by atoms with van der Waals surface area (Å²) in [4.78, 5) is 8.71. The van der Waals surface area contributed by atoms with E-state index < -0.39 is 0 Å². The molecule has 0 saturated heterocycles. The Hall–Kier alpha value is -1.42. The molecule has 0 aliphatic heterocycles. The van der Waals surface area contributed by atoms with Crippen molar-refractivity contribution in [2.75, 3.05) is 0 Å². The molecule has 86 valence electrons. The van der Waals surface area contributed by atoms with E-state index in [1.807, 2.05) is 30.8 Å². The summed E-state index contributed by atoms with van der Waals surface area (Å²) in [7, 11) is 1.99. The molecule has 0 amide bonds. The Kier molecular flexibility index (Phi) is 2.68. The van der Waals surface area contributed by atoms with Gasteiger partial charge >= 0.3 is 0 Å². The summed E-state index contributed by atoms with van der Waals surface area (Å²) in [6.07, 6.45) is 5.56. The monoisotopic (exact) mass is 218 g/mol. The van der Waals surface area contributed by atoms with Crippen molar-refractivity contribution in [1.82, 2.24) is 14.5 Å². The zero-order valence-electron chi connectivity index (χ0n) is 10.1. The standard InChI is InChI=1S/C12H18N4/c1-4-6-12(2,13)11-15-9-5-7-14-8-10(9)16(11)3/h5,7-8H,4,6,13H2,1-3H3. The van der Waals surface area contributed by atoms with Crippen molar-refractivity contribution in [2.24, 2.45) is 12.8 Å². The van der Waals surface area contributed by atoms with Crippen LogP contribution in [0.3, 0.4) is 0 Å². The third-order valence-corrected chi connectivity index (χ3v) is 2.96. The maximum absolute atomic E-state index is 6.31. The van der Waals surface area contributed by atoms with Crippen LogP contribution in [0, 0.1) is 0 Å². The number of pyridine rings is 1. The lowest BCUT2D eigenvalue weighted by Crippen LogP contribution is -2.35. The summed E-state index contributed by atoms with van der Waals surface area (Å²) >= 11 is 0. The molecule has 0 aliphatic carbocycles. The smallest absolute Gasteiger partial charge is 0.129 e. The van der Waals surface area contributed by atoms with Gasteiger partial charge in [0, 0.05) is 13.2 Å². The Balaban J connectivity index is 2.57. The fourth-order valence-electron chi connectivity index (χ4n) is 2.18. The van der Waals surface area contributed by atoms with Crippen LogP contribution in [0.1, 0.15) is 32.5 Å². The highest BCUT2D eigenvalue weighted by Gasteiger charge is 2.26. The zero-order chi connectivity index (χ0) is 11.8. The minimum atomic E-state index is -0.373. The van der Waals surface area contributed by atoms with Gasteiger partial charge < -0.3 is 10.3 Å². The van der Waals surface area contributed by atoms with Crippen LogP contribution in [-0.2, 0) is 12.6 Å². The molecular weight excluding hydrogens is 200 g/mol. The molecule has 0 aromatic carbocycles. The van der Waals surface area contributed by atoms with Gasteiger partial charge in [-0.3, -0.25) is 4.98 Å². The van der Waals surface area contributed by atoms with E-state index in [9.17, 15) is 0 Å². The SMILES string of the molecule is CCCC(C)(N)c1nc2ccncc2n1C. The maximum Gasteiger partial charge on any atom is 0.129 e. The quantitative estimate of drug-likeness (QED) is 0.856. The Morgan fingerprint density at radius 1 is 1.50 bits per heavy atom. The first-order valence-corrected chi connectivity index (χ1v) is 5.62. The highest BCUT2D eigenvalue weighted by Crippen LogP contribution is 2.25. The van der Waals surface area contributed by atoms with Crippen molar-refractivity contribution >= 4 is 11.0 Å². The second-order valence-corrected chi connectivity index (χ2v) is 4.53. The van der Waals surface area contributed by atoms with Gasteiger partial charge in [-0.05, 0) is 19.4 Å². The fraction of sp³-hybridized carbons (Fsp3) is 0.500. The van der Waals surface area contributed by atoms with Crippen molar-refractivity contribution in [3.8, 4) is 0 Å². The summed E-state index contributed by atoms with van der Waals surface area (Å²) in [6.45, 7) is 4.17. The van der Waals surface area contributed by atoms with Crippen LogP contribution in [0.15, 0.2) is 18.5 Å². The van der Waals surface area contributed by atoms with Gasteiger partial charge in [0.2, 0.25) is 0 Å². The Morgan fingerprint density at radius 3 is 2.88 bits per heavy atom. The van der Waals surface area contributed by atoms with Crippen LogP contribution in [0.2, 0.25) is 0 Å². The summed E-state index contributed by atoms with van der Waals surface area (Å²) in [5.74, 6) is 0.928. The summed E-state index contributed by atoms with van der Waals surface area (Å²) in [6, 6.07) is 1.92. The molecule has 0 saturated carbocycles. The summed E-state index contributed by atoms with van der Waals surface area (Å²) in [5, 5.41) is 0. The lowest BCUT2D eigenvalue weighted by Gasteiger charge is -2.23. The van der Waals surface area contributed by atoms with E-state index >= 15 is 0 Å². The number of hydrogen-bond acceptors (Lipinski definition) is 3. The molecule has 4 nitrogen and oxygen atoms in total. The molecule has 2 heterocycles. The van der Waals surface area contributed by atoms with Gasteiger partial charge in [0.1, 0.15) is 5.82 Å². The first-order valence-electron chi connectivity index (χ1n) is 5.62. The van der Waals surface area contributed by atoms with Crippen LogP contribution in [0.25, 0.3) is 11.0 Å². The maximum atomic E-state index is 6.31. The number of nitrogens with zero attached hydrogens (tertiary/aromatic N) is 3. The van der Waals surface area contributed by atoms with Gasteiger partial charge in [0.05, 0.1) is 22.8 Å². The van der Waals surface area contributed by atoms with Gasteiger partial charge in [-0.1, -0.05) is 13.3 Å². The minimum Gasteiger partial charge on any atom is -0.328 e. The van der Waals surface area contributed by atoms with Crippen molar-refractivity contribution < 1.29 is 0 Å². The molecule has 16 heavy (non-hydrogen) atoms. The van der Waals surface area contributed by atoms with Crippen LogP contribution in [0.4, 0.5) is 0 Å². The molecule has 2 rings (SSSR count). The van der Waals surface area contributed by atoms with Crippen molar-refractivity contribution in [3.63, 3.8) is 0 Å². The van der Waals surface area contributed by atoms with E-state index in [0.717, 1.165) is 29.7 Å². The van der Waals surface area contributed by atoms with Gasteiger partial charge in [0.25, 0.3) is 0 Å². The molecule has 0 bridgehead atoms. The lowest BCUT2D eigenvalue weighted by atomic mass is 9.97. The first kappa shape index (κ1) is 11.1. The van der Waals surface area contributed by atoms with Gasteiger partial charge in [-0.15, -0.1) is 0 Å². The molecule has 2 aromatic heterocycles. The van der Waals surface area contributed by atoms with E-state index in [2.05, 4.69) is 16.9 Å². The van der Waals surface area contributed by atoms with E-state index in [0.29, 0.717) is 0 Å². The highest BCUT2D eigenvalue weighted by atomic mass is 15.1. The third kappa shape index (κ3) is 1.69. The molecule has 0 radical (unpaired) electrons. The minimum absolute atomic E-state index is 0.373. The van der Waals surface area contributed by atoms with Gasteiger partial charge in [-0.2, -0.15) is 0 Å². The van der Waals surface area contributed by atoms with Gasteiger partial charge in [0.15, 0.2) is 0 Å². The second-order valence-electron chi connectivity index (χ2n) is 4.53. The number of imidazole rings is 1. The average Bonchev–Trinajstić information content (AvgIpc) is 2.58. The average molecular weight is 218 g/mol.